The van der Waals surface area contributed by atoms with Crippen molar-refractivity contribution in [1.82, 2.24) is 10.2 Å². The average Bonchev–Trinajstić information content (AvgIpc) is 2.88. The lowest BCUT2D eigenvalue weighted by Crippen LogP contribution is -2.50. The van der Waals surface area contributed by atoms with Crippen molar-refractivity contribution in [3.63, 3.8) is 0 Å². The van der Waals surface area contributed by atoms with Crippen molar-refractivity contribution in [2.24, 2.45) is 0 Å². The number of allylic oxidation sites excluding steroid dienone is 1. The number of amides is 1. The molecular weight excluding hydrogens is 458 g/mol. The summed E-state index contributed by atoms with van der Waals surface area (Å²) in [6.45, 7) is 11.6. The number of para-hydroxylation sites is 1. The largest absolute Gasteiger partial charge is 0.493 e. The second-order valence-corrected chi connectivity index (χ2v) is 9.06. The van der Waals surface area contributed by atoms with Gasteiger partial charge >= 0.3 is 0 Å². The predicted molar refractivity (Wildman–Crippen MR) is 146 cm³/mol. The summed E-state index contributed by atoms with van der Waals surface area (Å²) >= 11 is 5.86. The van der Waals surface area contributed by atoms with E-state index in [1.807, 2.05) is 48.8 Å². The highest BCUT2D eigenvalue weighted by Crippen LogP contribution is 2.41. The van der Waals surface area contributed by atoms with E-state index in [-0.39, 0.29) is 5.91 Å². The molecule has 0 aromatic heterocycles. The van der Waals surface area contributed by atoms with Crippen LogP contribution in [-0.4, -0.2) is 43.2 Å². The molecule has 2 aromatic rings. The maximum absolute atomic E-state index is 13.9. The number of rotatable bonds is 9. The second kappa shape index (κ2) is 11.6. The van der Waals surface area contributed by atoms with E-state index in [1.165, 1.54) is 5.56 Å². The van der Waals surface area contributed by atoms with Crippen LogP contribution < -0.4 is 19.7 Å². The van der Waals surface area contributed by atoms with Crippen LogP contribution in [0.15, 0.2) is 53.7 Å². The number of methoxy groups -OCH3 is 2. The summed E-state index contributed by atoms with van der Waals surface area (Å²) in [5.41, 5.74) is 4.45. The lowest BCUT2D eigenvalue weighted by atomic mass is 9.92. The molecule has 3 rings (SSSR count). The lowest BCUT2D eigenvalue weighted by Gasteiger charge is -2.39. The minimum Gasteiger partial charge on any atom is -0.493 e. The van der Waals surface area contributed by atoms with E-state index in [0.717, 1.165) is 23.4 Å². The zero-order chi connectivity index (χ0) is 25.7. The molecule has 188 valence electrons. The summed E-state index contributed by atoms with van der Waals surface area (Å²) in [4.78, 5) is 17.6. The monoisotopic (exact) mass is 495 g/mol. The van der Waals surface area contributed by atoms with Crippen LogP contribution >= 0.6 is 12.2 Å². The van der Waals surface area contributed by atoms with E-state index in [2.05, 4.69) is 43.4 Å². The van der Waals surface area contributed by atoms with Crippen LogP contribution in [0.1, 0.15) is 64.1 Å². The third-order valence-electron chi connectivity index (χ3n) is 6.84. The summed E-state index contributed by atoms with van der Waals surface area (Å²) in [7, 11) is 3.21. The number of hydrogen-bond donors (Lipinski definition) is 1. The Balaban J connectivity index is 2.19. The van der Waals surface area contributed by atoms with Gasteiger partial charge in [-0.1, -0.05) is 38.1 Å². The van der Waals surface area contributed by atoms with Crippen LogP contribution in [0.5, 0.6) is 11.5 Å². The number of nitrogens with zero attached hydrogens (tertiary/aromatic N) is 2. The van der Waals surface area contributed by atoms with Crippen molar-refractivity contribution in [3.05, 3.63) is 64.9 Å². The Kier molecular flexibility index (Phi) is 8.78. The van der Waals surface area contributed by atoms with E-state index in [0.29, 0.717) is 41.2 Å². The summed E-state index contributed by atoms with van der Waals surface area (Å²) in [5.74, 6) is 1.64. The number of nitrogens with one attached hydrogen (secondary N) is 1. The summed E-state index contributed by atoms with van der Waals surface area (Å²) in [6, 6.07) is 13.6. The zero-order valence-electron chi connectivity index (χ0n) is 21.8. The highest BCUT2D eigenvalue weighted by Gasteiger charge is 2.37. The van der Waals surface area contributed by atoms with Crippen molar-refractivity contribution in [3.8, 4) is 11.5 Å². The van der Waals surface area contributed by atoms with Gasteiger partial charge in [-0.25, -0.2) is 0 Å². The third kappa shape index (κ3) is 5.15. The molecule has 0 radical (unpaired) electrons. The minimum absolute atomic E-state index is 0.0291. The predicted octanol–water partition coefficient (Wildman–Crippen LogP) is 5.80. The minimum atomic E-state index is -0.476. The van der Waals surface area contributed by atoms with Crippen LogP contribution in [0.25, 0.3) is 0 Å². The average molecular weight is 496 g/mol. The summed E-state index contributed by atoms with van der Waals surface area (Å²) in [6.07, 6.45) is 1.08. The lowest BCUT2D eigenvalue weighted by molar-refractivity contribution is -0.127. The molecule has 7 heteroatoms. The van der Waals surface area contributed by atoms with Crippen LogP contribution in [0.2, 0.25) is 0 Å². The highest BCUT2D eigenvalue weighted by atomic mass is 32.1. The highest BCUT2D eigenvalue weighted by molar-refractivity contribution is 7.80. The second-order valence-electron chi connectivity index (χ2n) is 8.68. The summed E-state index contributed by atoms with van der Waals surface area (Å²) < 4.78 is 11.3. The van der Waals surface area contributed by atoms with Gasteiger partial charge in [-0.05, 0) is 69.1 Å². The van der Waals surface area contributed by atoms with Crippen LogP contribution in [0.4, 0.5) is 5.69 Å². The van der Waals surface area contributed by atoms with Gasteiger partial charge in [0.2, 0.25) is 0 Å². The van der Waals surface area contributed by atoms with Gasteiger partial charge in [0.05, 0.1) is 25.8 Å². The normalized spacial score (nSPS) is 16.6. The van der Waals surface area contributed by atoms with Gasteiger partial charge < -0.3 is 19.7 Å². The molecule has 0 bridgehead atoms. The van der Waals surface area contributed by atoms with E-state index in [4.69, 9.17) is 21.7 Å². The Morgan fingerprint density at radius 2 is 1.74 bits per heavy atom. The maximum atomic E-state index is 13.9. The van der Waals surface area contributed by atoms with Gasteiger partial charge in [-0.2, -0.15) is 0 Å². The van der Waals surface area contributed by atoms with E-state index >= 15 is 0 Å². The first kappa shape index (κ1) is 26.5. The van der Waals surface area contributed by atoms with Gasteiger partial charge in [0.15, 0.2) is 16.6 Å². The first-order chi connectivity index (χ1) is 16.8. The molecule has 1 heterocycles. The smallest absolute Gasteiger partial charge is 0.253 e. The molecule has 0 aliphatic carbocycles. The first-order valence-electron chi connectivity index (χ1n) is 12.2. The van der Waals surface area contributed by atoms with Crippen LogP contribution in [0, 0.1) is 0 Å². The Hall–Kier alpha value is -3.06. The molecule has 2 unspecified atom stereocenters. The number of likely N-dealkylation sites (N-methyl/N-ethyl adjacent to an activating group) is 1. The van der Waals surface area contributed by atoms with Crippen molar-refractivity contribution < 1.29 is 14.3 Å². The number of anilines is 1. The topological polar surface area (TPSA) is 54.0 Å². The molecular formula is C28H37N3O3S. The number of hydrogen-bond acceptors (Lipinski definition) is 4. The van der Waals surface area contributed by atoms with E-state index in [9.17, 15) is 4.79 Å². The van der Waals surface area contributed by atoms with E-state index < -0.39 is 6.04 Å². The molecule has 35 heavy (non-hydrogen) atoms. The molecule has 0 fully saturated rings. The van der Waals surface area contributed by atoms with Gasteiger partial charge in [-0.15, -0.1) is 0 Å². The molecule has 1 aliphatic heterocycles. The van der Waals surface area contributed by atoms with E-state index in [1.54, 1.807) is 14.2 Å². The molecule has 0 saturated heterocycles. The molecule has 0 saturated carbocycles. The number of benzene rings is 2. The fourth-order valence-corrected chi connectivity index (χ4v) is 4.93. The Morgan fingerprint density at radius 3 is 2.29 bits per heavy atom. The Morgan fingerprint density at radius 1 is 1.09 bits per heavy atom. The molecule has 1 amide bonds. The third-order valence-corrected chi connectivity index (χ3v) is 7.14. The van der Waals surface area contributed by atoms with Crippen molar-refractivity contribution in [2.45, 2.75) is 53.0 Å². The van der Waals surface area contributed by atoms with Crippen molar-refractivity contribution >= 4 is 28.9 Å². The number of carbonyl (C=O) groups is 1. The molecule has 6 nitrogen and oxygen atoms in total. The number of carbonyl (C=O) groups excluding carboxylic acids is 1. The van der Waals surface area contributed by atoms with Crippen molar-refractivity contribution in [1.29, 1.82) is 0 Å². The SMILES string of the molecule is CCC(C)c1ccc(N2C(=S)NC(c3cccc(OC)c3OC)C(C(=O)N(CC)CC)=C2C)cc1. The first-order valence-corrected chi connectivity index (χ1v) is 12.6. The van der Waals surface area contributed by atoms with Crippen LogP contribution in [0.3, 0.4) is 0 Å². The fraction of sp³-hybridized carbons (Fsp3) is 0.429. The van der Waals surface area contributed by atoms with Crippen LogP contribution in [-0.2, 0) is 4.79 Å². The van der Waals surface area contributed by atoms with Gasteiger partial charge in [0.1, 0.15) is 0 Å². The summed E-state index contributed by atoms with van der Waals surface area (Å²) in [5, 5.41) is 3.97. The van der Waals surface area contributed by atoms with Gasteiger partial charge in [-0.3, -0.25) is 9.69 Å². The molecule has 2 aromatic carbocycles. The number of thiocarbonyl (C=S) groups is 1. The standard InChI is InChI=1S/C28H37N3O3S/c1-8-18(4)20-14-16-21(17-15-20)31-19(5)24(27(32)30(9-2)10-3)25(29-28(31)35)22-12-11-13-23(33-6)26(22)34-7/h11-18,25H,8-10H2,1-7H3,(H,29,35). The maximum Gasteiger partial charge on any atom is 0.253 e. The molecule has 1 N–H and O–H groups in total. The molecule has 1 aliphatic rings. The Bertz CT molecular complexity index is 1090. The molecule has 2 atom stereocenters. The zero-order valence-corrected chi connectivity index (χ0v) is 22.7. The van der Waals surface area contributed by atoms with Gasteiger partial charge in [0, 0.05) is 30.0 Å². The fourth-order valence-electron chi connectivity index (χ4n) is 4.57. The van der Waals surface area contributed by atoms with Gasteiger partial charge in [0.25, 0.3) is 5.91 Å². The van der Waals surface area contributed by atoms with Crippen molar-refractivity contribution in [2.75, 3.05) is 32.2 Å². The Labute approximate surface area is 214 Å². The number of ether oxygens (including phenoxy) is 2. The quantitative estimate of drug-likeness (QED) is 0.444. The molecule has 0 spiro atoms.